The molecule has 1 rings (SSSR count). The van der Waals surface area contributed by atoms with Crippen LogP contribution in [0.5, 0.6) is 0 Å². The molecule has 76 valence electrons. The molecule has 0 saturated carbocycles. The molecule has 0 aliphatic carbocycles. The highest BCUT2D eigenvalue weighted by atomic mass is 17.2. The Labute approximate surface area is 76.8 Å². The van der Waals surface area contributed by atoms with Gasteiger partial charge in [0.25, 0.3) is 0 Å². The second-order valence-electron chi connectivity index (χ2n) is 2.84. The highest BCUT2D eigenvalue weighted by molar-refractivity contribution is 5.69. The third-order valence-electron chi connectivity index (χ3n) is 1.91. The molecule has 0 aromatic carbocycles. The van der Waals surface area contributed by atoms with E-state index in [4.69, 9.17) is 14.5 Å². The summed E-state index contributed by atoms with van der Waals surface area (Å²) in [6, 6.07) is 0. The smallest absolute Gasteiger partial charge is 0.308 e. The van der Waals surface area contributed by atoms with E-state index in [1.807, 2.05) is 0 Å². The molecular formula is C8H14O5. The molecule has 0 spiro atoms. The van der Waals surface area contributed by atoms with Gasteiger partial charge in [0.2, 0.25) is 0 Å². The second kappa shape index (κ2) is 5.16. The standard InChI is InChI=1S/C8H14O5/c1-10-7(9)5-6-3-4-8(11-2)13-12-6/h6,8H,3-5H2,1-2H3. The number of ether oxygens (including phenoxy) is 2. The summed E-state index contributed by atoms with van der Waals surface area (Å²) in [7, 11) is 2.90. The fourth-order valence-corrected chi connectivity index (χ4v) is 1.12. The fourth-order valence-electron chi connectivity index (χ4n) is 1.12. The maximum atomic E-state index is 10.8. The Morgan fingerprint density at radius 2 is 2.15 bits per heavy atom. The van der Waals surface area contributed by atoms with E-state index in [0.29, 0.717) is 0 Å². The van der Waals surface area contributed by atoms with Gasteiger partial charge in [-0.05, 0) is 6.42 Å². The minimum Gasteiger partial charge on any atom is -0.469 e. The molecule has 2 unspecified atom stereocenters. The lowest BCUT2D eigenvalue weighted by molar-refractivity contribution is -0.417. The Kier molecular flexibility index (Phi) is 4.14. The monoisotopic (exact) mass is 190 g/mol. The summed E-state index contributed by atoms with van der Waals surface area (Å²) < 4.78 is 9.41. The van der Waals surface area contributed by atoms with Gasteiger partial charge in [-0.1, -0.05) is 0 Å². The summed E-state index contributed by atoms with van der Waals surface area (Å²) in [5.41, 5.74) is 0. The molecular weight excluding hydrogens is 176 g/mol. The number of methoxy groups -OCH3 is 2. The van der Waals surface area contributed by atoms with Crippen LogP contribution < -0.4 is 0 Å². The Morgan fingerprint density at radius 3 is 2.62 bits per heavy atom. The van der Waals surface area contributed by atoms with Gasteiger partial charge in [0.05, 0.1) is 13.5 Å². The molecule has 0 amide bonds. The highest BCUT2D eigenvalue weighted by Gasteiger charge is 2.25. The van der Waals surface area contributed by atoms with Crippen LogP contribution in [0.4, 0.5) is 0 Å². The van der Waals surface area contributed by atoms with Crippen molar-refractivity contribution in [2.45, 2.75) is 31.7 Å². The molecule has 5 heteroatoms. The van der Waals surface area contributed by atoms with Gasteiger partial charge >= 0.3 is 5.97 Å². The first-order chi connectivity index (χ1) is 6.26. The zero-order valence-electron chi connectivity index (χ0n) is 7.82. The lowest BCUT2D eigenvalue weighted by atomic mass is 10.1. The van der Waals surface area contributed by atoms with E-state index in [1.54, 1.807) is 7.11 Å². The zero-order valence-corrected chi connectivity index (χ0v) is 7.82. The number of hydrogen-bond acceptors (Lipinski definition) is 5. The molecule has 2 atom stereocenters. The average Bonchev–Trinajstić information content (AvgIpc) is 2.19. The van der Waals surface area contributed by atoms with Crippen LogP contribution in [0.25, 0.3) is 0 Å². The second-order valence-corrected chi connectivity index (χ2v) is 2.84. The van der Waals surface area contributed by atoms with Crippen molar-refractivity contribution in [1.82, 2.24) is 0 Å². The molecule has 1 aliphatic rings. The van der Waals surface area contributed by atoms with Crippen molar-refractivity contribution in [3.63, 3.8) is 0 Å². The number of carbonyl (C=O) groups excluding carboxylic acids is 1. The predicted molar refractivity (Wildman–Crippen MR) is 42.6 cm³/mol. The van der Waals surface area contributed by atoms with Crippen LogP contribution in [-0.2, 0) is 24.0 Å². The summed E-state index contributed by atoms with van der Waals surface area (Å²) in [5, 5.41) is 0. The first-order valence-corrected chi connectivity index (χ1v) is 4.18. The van der Waals surface area contributed by atoms with E-state index in [-0.39, 0.29) is 24.8 Å². The number of hydrogen-bond donors (Lipinski definition) is 0. The maximum Gasteiger partial charge on any atom is 0.308 e. The molecule has 13 heavy (non-hydrogen) atoms. The van der Waals surface area contributed by atoms with Gasteiger partial charge in [0.1, 0.15) is 6.10 Å². The van der Waals surface area contributed by atoms with E-state index in [2.05, 4.69) is 4.74 Å². The Balaban J connectivity index is 2.21. The van der Waals surface area contributed by atoms with Crippen LogP contribution in [-0.4, -0.2) is 32.6 Å². The van der Waals surface area contributed by atoms with Crippen LogP contribution >= 0.6 is 0 Å². The Hall–Kier alpha value is -0.650. The summed E-state index contributed by atoms with van der Waals surface area (Å²) >= 11 is 0. The topological polar surface area (TPSA) is 54.0 Å². The van der Waals surface area contributed by atoms with Gasteiger partial charge < -0.3 is 9.47 Å². The fraction of sp³-hybridized carbons (Fsp3) is 0.875. The van der Waals surface area contributed by atoms with Gasteiger partial charge in [-0.25, -0.2) is 9.78 Å². The summed E-state index contributed by atoms with van der Waals surface area (Å²) in [4.78, 5) is 20.6. The maximum absolute atomic E-state index is 10.8. The van der Waals surface area contributed by atoms with E-state index in [0.717, 1.165) is 12.8 Å². The molecule has 1 aliphatic heterocycles. The molecule has 0 aromatic heterocycles. The lowest BCUT2D eigenvalue weighted by Gasteiger charge is -2.25. The van der Waals surface area contributed by atoms with Crippen LogP contribution in [0.1, 0.15) is 19.3 Å². The van der Waals surface area contributed by atoms with Crippen LogP contribution in [0, 0.1) is 0 Å². The molecule has 1 heterocycles. The molecule has 0 aromatic rings. The van der Waals surface area contributed by atoms with E-state index in [9.17, 15) is 4.79 Å². The van der Waals surface area contributed by atoms with Gasteiger partial charge in [-0.2, -0.15) is 0 Å². The largest absolute Gasteiger partial charge is 0.469 e. The molecule has 1 fully saturated rings. The van der Waals surface area contributed by atoms with Crippen LogP contribution in [0.3, 0.4) is 0 Å². The summed E-state index contributed by atoms with van der Waals surface area (Å²) in [5.74, 6) is -0.288. The van der Waals surface area contributed by atoms with Crippen molar-refractivity contribution in [3.05, 3.63) is 0 Å². The van der Waals surface area contributed by atoms with E-state index >= 15 is 0 Å². The molecule has 0 radical (unpaired) electrons. The lowest BCUT2D eigenvalue weighted by Crippen LogP contribution is -2.30. The van der Waals surface area contributed by atoms with Crippen molar-refractivity contribution in [1.29, 1.82) is 0 Å². The Morgan fingerprint density at radius 1 is 1.38 bits per heavy atom. The minimum atomic E-state index is -0.311. The minimum absolute atomic E-state index is 0.209. The van der Waals surface area contributed by atoms with Gasteiger partial charge in [0.15, 0.2) is 6.29 Å². The van der Waals surface area contributed by atoms with Crippen LogP contribution in [0.15, 0.2) is 0 Å². The summed E-state index contributed by atoms with van der Waals surface area (Å²) in [6.45, 7) is 0. The average molecular weight is 190 g/mol. The third-order valence-corrected chi connectivity index (χ3v) is 1.91. The first-order valence-electron chi connectivity index (χ1n) is 4.18. The van der Waals surface area contributed by atoms with Crippen LogP contribution in [0.2, 0.25) is 0 Å². The van der Waals surface area contributed by atoms with Crippen molar-refractivity contribution in [2.75, 3.05) is 14.2 Å². The Bertz CT molecular complexity index is 162. The van der Waals surface area contributed by atoms with Crippen molar-refractivity contribution >= 4 is 5.97 Å². The van der Waals surface area contributed by atoms with Gasteiger partial charge in [-0.15, -0.1) is 0 Å². The van der Waals surface area contributed by atoms with Gasteiger partial charge in [-0.3, -0.25) is 4.79 Å². The first kappa shape index (κ1) is 10.4. The van der Waals surface area contributed by atoms with Crippen molar-refractivity contribution < 1.29 is 24.0 Å². The van der Waals surface area contributed by atoms with Crippen molar-refractivity contribution in [2.24, 2.45) is 0 Å². The SMILES string of the molecule is COC(=O)CC1CCC(OC)OO1. The highest BCUT2D eigenvalue weighted by Crippen LogP contribution is 2.19. The normalized spacial score (nSPS) is 28.5. The molecule has 0 N–H and O–H groups in total. The number of carbonyl (C=O) groups is 1. The summed E-state index contributed by atoms with van der Waals surface area (Å²) in [6.07, 6.45) is 1.19. The molecule has 1 saturated heterocycles. The quantitative estimate of drug-likeness (QED) is 0.482. The molecule has 5 nitrogen and oxygen atoms in total. The number of esters is 1. The van der Waals surface area contributed by atoms with Gasteiger partial charge in [0, 0.05) is 13.5 Å². The third kappa shape index (κ3) is 3.30. The van der Waals surface area contributed by atoms with Crippen molar-refractivity contribution in [3.8, 4) is 0 Å². The zero-order chi connectivity index (χ0) is 9.68. The van der Waals surface area contributed by atoms with E-state index < -0.39 is 0 Å². The predicted octanol–water partition coefficient (Wildman–Crippen LogP) is 0.633. The van der Waals surface area contributed by atoms with E-state index in [1.165, 1.54) is 7.11 Å². The number of rotatable bonds is 3. The molecule has 0 bridgehead atoms.